The summed E-state index contributed by atoms with van der Waals surface area (Å²) in [6, 6.07) is 21.8. The van der Waals surface area contributed by atoms with Crippen molar-refractivity contribution in [2.24, 2.45) is 0 Å². The number of hydrogen-bond acceptors (Lipinski definition) is 4. The number of benzene rings is 2. The van der Waals surface area contributed by atoms with E-state index in [1.165, 1.54) is 5.56 Å². The Morgan fingerprint density at radius 2 is 1.94 bits per heavy atom. The van der Waals surface area contributed by atoms with Crippen LogP contribution >= 0.6 is 0 Å². The van der Waals surface area contributed by atoms with E-state index in [0.717, 1.165) is 46.3 Å². The van der Waals surface area contributed by atoms with Crippen molar-refractivity contribution in [3.8, 4) is 11.3 Å². The van der Waals surface area contributed by atoms with Crippen molar-refractivity contribution in [1.82, 2.24) is 15.3 Å². The number of pyridine rings is 2. The van der Waals surface area contributed by atoms with Gasteiger partial charge in [0, 0.05) is 28.1 Å². The van der Waals surface area contributed by atoms with Crippen molar-refractivity contribution in [1.29, 1.82) is 0 Å². The fourth-order valence-electron chi connectivity index (χ4n) is 4.40. The number of carbonyl (C=O) groups is 1. The lowest BCUT2D eigenvalue weighted by molar-refractivity contribution is 0.0950. The molecule has 1 aliphatic carbocycles. The van der Waals surface area contributed by atoms with Crippen molar-refractivity contribution in [2.45, 2.75) is 31.7 Å². The summed E-state index contributed by atoms with van der Waals surface area (Å²) in [5, 5.41) is 13.7. The number of carbonyl (C=O) groups excluding carboxylic acids is 1. The van der Waals surface area contributed by atoms with E-state index in [2.05, 4.69) is 17.2 Å². The average Bonchev–Trinajstić information content (AvgIpc) is 3.19. The molecule has 4 aromatic rings. The Labute approximate surface area is 187 Å². The first kappa shape index (κ1) is 20.3. The smallest absolute Gasteiger partial charge is 0.251 e. The van der Waals surface area contributed by atoms with E-state index < -0.39 is 0 Å². The van der Waals surface area contributed by atoms with Gasteiger partial charge in [0.2, 0.25) is 0 Å². The average molecular weight is 424 g/mol. The molecule has 0 radical (unpaired) electrons. The Kier molecular flexibility index (Phi) is 5.19. The lowest BCUT2D eigenvalue weighted by Crippen LogP contribution is -2.26. The van der Waals surface area contributed by atoms with Crippen LogP contribution in [-0.2, 0) is 18.4 Å². The quantitative estimate of drug-likeness (QED) is 0.498. The Morgan fingerprint density at radius 1 is 1.09 bits per heavy atom. The van der Waals surface area contributed by atoms with Crippen molar-refractivity contribution < 1.29 is 9.90 Å². The van der Waals surface area contributed by atoms with Crippen LogP contribution in [0.4, 0.5) is 0 Å². The molecular formula is C27H25N3O2. The molecule has 0 unspecified atom stereocenters. The molecule has 1 aliphatic rings. The van der Waals surface area contributed by atoms with Crippen LogP contribution in [0.25, 0.3) is 22.2 Å². The molecule has 0 fully saturated rings. The predicted molar refractivity (Wildman–Crippen MR) is 125 cm³/mol. The third-order valence-electron chi connectivity index (χ3n) is 6.45. The van der Waals surface area contributed by atoms with E-state index in [4.69, 9.17) is 4.98 Å². The SMILES string of the molecule is C[C@@]1(CO)CCc2ccc(C(=O)NCc3cc4nc(-c5ccccc5)ccc4cn3)cc21. The summed E-state index contributed by atoms with van der Waals surface area (Å²) in [6.07, 6.45) is 3.64. The minimum Gasteiger partial charge on any atom is -0.395 e. The molecule has 0 aliphatic heterocycles. The van der Waals surface area contributed by atoms with Crippen molar-refractivity contribution in [3.05, 3.63) is 95.3 Å². The molecule has 2 aromatic heterocycles. The zero-order valence-corrected chi connectivity index (χ0v) is 18.0. The number of aryl methyl sites for hydroxylation is 1. The number of amides is 1. The van der Waals surface area contributed by atoms with Gasteiger partial charge in [-0.05, 0) is 54.3 Å². The van der Waals surface area contributed by atoms with Crippen LogP contribution in [0.1, 0.15) is 40.5 Å². The largest absolute Gasteiger partial charge is 0.395 e. The molecule has 0 saturated carbocycles. The number of fused-ring (bicyclic) bond motifs is 2. The van der Waals surface area contributed by atoms with Gasteiger partial charge >= 0.3 is 0 Å². The summed E-state index contributed by atoms with van der Waals surface area (Å²) in [5.41, 5.74) is 6.20. The van der Waals surface area contributed by atoms with Crippen LogP contribution in [-0.4, -0.2) is 27.6 Å². The summed E-state index contributed by atoms with van der Waals surface area (Å²) < 4.78 is 0. The van der Waals surface area contributed by atoms with Crippen molar-refractivity contribution >= 4 is 16.8 Å². The zero-order valence-electron chi connectivity index (χ0n) is 18.0. The molecule has 160 valence electrons. The molecule has 1 amide bonds. The maximum absolute atomic E-state index is 12.8. The fourth-order valence-corrected chi connectivity index (χ4v) is 4.40. The molecule has 5 rings (SSSR count). The molecule has 2 N–H and O–H groups in total. The number of aliphatic hydroxyl groups excluding tert-OH is 1. The molecule has 0 saturated heterocycles. The second kappa shape index (κ2) is 8.17. The first-order valence-electron chi connectivity index (χ1n) is 10.9. The first-order valence-corrected chi connectivity index (χ1v) is 10.9. The van der Waals surface area contributed by atoms with Crippen LogP contribution in [0, 0.1) is 0 Å². The third-order valence-corrected chi connectivity index (χ3v) is 6.45. The van der Waals surface area contributed by atoms with E-state index in [9.17, 15) is 9.90 Å². The highest BCUT2D eigenvalue weighted by Gasteiger charge is 2.34. The fraction of sp³-hybridized carbons (Fsp3) is 0.222. The number of hydrogen-bond donors (Lipinski definition) is 2. The standard InChI is InChI=1S/C27H25N3O2/c1-27(17-31)12-11-18-7-8-20(13-23(18)27)26(32)29-16-22-14-25-21(15-28-22)9-10-24(30-25)19-5-3-2-4-6-19/h2-10,13-15,31H,11-12,16-17H2,1H3,(H,29,32)/t27-/m0/s1. The van der Waals surface area contributed by atoms with Gasteiger partial charge in [-0.1, -0.05) is 43.3 Å². The molecule has 2 heterocycles. The number of rotatable bonds is 5. The third kappa shape index (κ3) is 3.76. The van der Waals surface area contributed by atoms with E-state index >= 15 is 0 Å². The predicted octanol–water partition coefficient (Wildman–Crippen LogP) is 4.42. The molecule has 1 atom stereocenters. The van der Waals surface area contributed by atoms with Crippen LogP contribution in [0.15, 0.2) is 72.9 Å². The number of nitrogens with one attached hydrogen (secondary N) is 1. The van der Waals surface area contributed by atoms with E-state index in [1.807, 2.05) is 66.7 Å². The minimum atomic E-state index is -0.270. The summed E-state index contributed by atoms with van der Waals surface area (Å²) in [5.74, 6) is -0.145. The molecule has 2 aromatic carbocycles. The van der Waals surface area contributed by atoms with E-state index in [0.29, 0.717) is 12.1 Å². The Balaban J connectivity index is 1.34. The lowest BCUT2D eigenvalue weighted by Gasteiger charge is -2.22. The number of nitrogens with zero attached hydrogens (tertiary/aromatic N) is 2. The number of aromatic nitrogens is 2. The highest BCUT2D eigenvalue weighted by molar-refractivity contribution is 5.94. The van der Waals surface area contributed by atoms with Crippen molar-refractivity contribution in [2.75, 3.05) is 6.61 Å². The maximum Gasteiger partial charge on any atom is 0.251 e. The van der Waals surface area contributed by atoms with Gasteiger partial charge in [0.05, 0.1) is 30.1 Å². The minimum absolute atomic E-state index is 0.0874. The second-order valence-electron chi connectivity index (χ2n) is 8.70. The van der Waals surface area contributed by atoms with Crippen LogP contribution in [0.2, 0.25) is 0 Å². The van der Waals surface area contributed by atoms with Gasteiger partial charge in [-0.3, -0.25) is 9.78 Å². The van der Waals surface area contributed by atoms with Gasteiger partial charge in [0.25, 0.3) is 5.91 Å². The Morgan fingerprint density at radius 3 is 2.75 bits per heavy atom. The molecule has 0 spiro atoms. The molecule has 5 heteroatoms. The van der Waals surface area contributed by atoms with Gasteiger partial charge in [-0.2, -0.15) is 0 Å². The first-order chi connectivity index (χ1) is 15.6. The zero-order chi connectivity index (χ0) is 22.1. The Bertz CT molecular complexity index is 1300. The summed E-state index contributed by atoms with van der Waals surface area (Å²) >= 11 is 0. The van der Waals surface area contributed by atoms with Gasteiger partial charge in [-0.15, -0.1) is 0 Å². The van der Waals surface area contributed by atoms with E-state index in [-0.39, 0.29) is 17.9 Å². The monoisotopic (exact) mass is 423 g/mol. The van der Waals surface area contributed by atoms with Crippen LogP contribution in [0.5, 0.6) is 0 Å². The summed E-state index contributed by atoms with van der Waals surface area (Å²) in [4.78, 5) is 22.1. The van der Waals surface area contributed by atoms with Crippen LogP contribution < -0.4 is 5.32 Å². The highest BCUT2D eigenvalue weighted by Crippen LogP contribution is 2.38. The maximum atomic E-state index is 12.8. The lowest BCUT2D eigenvalue weighted by atomic mass is 9.84. The van der Waals surface area contributed by atoms with Gasteiger partial charge < -0.3 is 10.4 Å². The molecular weight excluding hydrogens is 398 g/mol. The normalized spacial score (nSPS) is 17.3. The van der Waals surface area contributed by atoms with Crippen molar-refractivity contribution in [3.63, 3.8) is 0 Å². The van der Waals surface area contributed by atoms with Crippen LogP contribution in [0.3, 0.4) is 0 Å². The number of aliphatic hydroxyl groups is 1. The molecule has 5 nitrogen and oxygen atoms in total. The topological polar surface area (TPSA) is 75.1 Å². The Hall–Kier alpha value is -3.57. The summed E-state index contributed by atoms with van der Waals surface area (Å²) in [6.45, 7) is 2.46. The van der Waals surface area contributed by atoms with Gasteiger partial charge in [0.15, 0.2) is 0 Å². The highest BCUT2D eigenvalue weighted by atomic mass is 16.3. The summed E-state index contributed by atoms with van der Waals surface area (Å²) in [7, 11) is 0. The van der Waals surface area contributed by atoms with Gasteiger partial charge in [-0.25, -0.2) is 4.98 Å². The van der Waals surface area contributed by atoms with Gasteiger partial charge in [0.1, 0.15) is 0 Å². The second-order valence-corrected chi connectivity index (χ2v) is 8.70. The molecule has 0 bridgehead atoms. The molecule has 32 heavy (non-hydrogen) atoms. The van der Waals surface area contributed by atoms with E-state index in [1.54, 1.807) is 6.20 Å².